The fraction of sp³-hybridized carbons (Fsp3) is 0.375. The highest BCUT2D eigenvalue weighted by molar-refractivity contribution is 5.89. The minimum absolute atomic E-state index is 0.855. The lowest BCUT2D eigenvalue weighted by Gasteiger charge is -2.19. The molecule has 0 heteroatoms. The van der Waals surface area contributed by atoms with Crippen LogP contribution in [0.3, 0.4) is 0 Å². The molecule has 1 atom stereocenters. The lowest BCUT2D eigenvalue weighted by Crippen LogP contribution is -1.98. The van der Waals surface area contributed by atoms with Crippen molar-refractivity contribution >= 4 is 5.57 Å². The first-order valence-electron chi connectivity index (χ1n) is 6.31. The minimum atomic E-state index is 0.855. The largest absolute Gasteiger partial charge is 0.0619 e. The van der Waals surface area contributed by atoms with Gasteiger partial charge >= 0.3 is 0 Å². The number of aryl methyl sites for hydroxylation is 1. The third kappa shape index (κ3) is 1.44. The fourth-order valence-electron chi connectivity index (χ4n) is 2.84. The van der Waals surface area contributed by atoms with E-state index in [2.05, 4.69) is 44.2 Å². The Bertz CT molecular complexity index is 471. The van der Waals surface area contributed by atoms with E-state index in [-0.39, 0.29) is 0 Å². The third-order valence-electron chi connectivity index (χ3n) is 3.83. The van der Waals surface area contributed by atoms with Gasteiger partial charge in [-0.2, -0.15) is 0 Å². The smallest absolute Gasteiger partial charge is 0.0146 e. The molecule has 2 aliphatic rings. The first-order chi connectivity index (χ1) is 7.78. The second-order valence-corrected chi connectivity index (χ2v) is 5.13. The van der Waals surface area contributed by atoms with Crippen LogP contribution in [-0.2, 0) is 6.42 Å². The van der Waals surface area contributed by atoms with E-state index in [1.807, 2.05) is 0 Å². The zero-order valence-electron chi connectivity index (χ0n) is 10.1. The van der Waals surface area contributed by atoms with Gasteiger partial charge in [0.05, 0.1) is 0 Å². The predicted octanol–water partition coefficient (Wildman–Crippen LogP) is 4.37. The molecule has 16 heavy (non-hydrogen) atoms. The monoisotopic (exact) mass is 210 g/mol. The summed E-state index contributed by atoms with van der Waals surface area (Å²) in [5.74, 6) is 0.855. The van der Waals surface area contributed by atoms with Crippen LogP contribution in [-0.4, -0.2) is 0 Å². The number of hydrogen-bond donors (Lipinski definition) is 0. The summed E-state index contributed by atoms with van der Waals surface area (Å²) in [5, 5.41) is 0. The molecule has 0 aromatic heterocycles. The van der Waals surface area contributed by atoms with Crippen LogP contribution in [0.5, 0.6) is 0 Å². The Kier molecular flexibility index (Phi) is 2.24. The molecule has 0 fully saturated rings. The number of hydrogen-bond acceptors (Lipinski definition) is 0. The number of allylic oxidation sites excluding steroid dienone is 4. The molecule has 0 radical (unpaired) electrons. The molecule has 0 heterocycles. The van der Waals surface area contributed by atoms with Crippen LogP contribution in [0.2, 0.25) is 0 Å². The van der Waals surface area contributed by atoms with E-state index in [9.17, 15) is 0 Å². The minimum Gasteiger partial charge on any atom is -0.0619 e. The van der Waals surface area contributed by atoms with Gasteiger partial charge in [-0.1, -0.05) is 44.2 Å². The summed E-state index contributed by atoms with van der Waals surface area (Å²) in [6, 6.07) is 9.06. The highest BCUT2D eigenvalue weighted by Crippen LogP contribution is 2.47. The van der Waals surface area contributed by atoms with Crippen LogP contribution in [0, 0.1) is 5.92 Å². The zero-order valence-corrected chi connectivity index (χ0v) is 10.1. The van der Waals surface area contributed by atoms with Gasteiger partial charge in [0.2, 0.25) is 0 Å². The van der Waals surface area contributed by atoms with Gasteiger partial charge in [0.1, 0.15) is 0 Å². The molecule has 82 valence electrons. The maximum Gasteiger partial charge on any atom is -0.0146 e. The Morgan fingerprint density at radius 1 is 1.12 bits per heavy atom. The van der Waals surface area contributed by atoms with E-state index in [0.29, 0.717) is 0 Å². The van der Waals surface area contributed by atoms with E-state index >= 15 is 0 Å². The molecule has 1 aromatic rings. The first kappa shape index (κ1) is 9.89. The lowest BCUT2D eigenvalue weighted by molar-refractivity contribution is 0.630. The highest BCUT2D eigenvalue weighted by atomic mass is 14.3. The van der Waals surface area contributed by atoms with Crippen molar-refractivity contribution in [1.29, 1.82) is 0 Å². The van der Waals surface area contributed by atoms with Crippen molar-refractivity contribution in [2.75, 3.05) is 0 Å². The summed E-state index contributed by atoms with van der Waals surface area (Å²) in [6.07, 6.45) is 6.10. The Hall–Kier alpha value is -1.30. The summed E-state index contributed by atoms with van der Waals surface area (Å²) in [5.41, 5.74) is 7.59. The third-order valence-corrected chi connectivity index (χ3v) is 3.83. The Morgan fingerprint density at radius 2 is 1.88 bits per heavy atom. The van der Waals surface area contributed by atoms with Crippen molar-refractivity contribution in [3.63, 3.8) is 0 Å². The second-order valence-electron chi connectivity index (χ2n) is 5.13. The molecule has 0 aliphatic heterocycles. The van der Waals surface area contributed by atoms with Gasteiger partial charge in [-0.05, 0) is 53.0 Å². The average molecular weight is 210 g/mol. The normalized spacial score (nSPS) is 22.9. The van der Waals surface area contributed by atoms with Gasteiger partial charge in [-0.15, -0.1) is 0 Å². The van der Waals surface area contributed by atoms with Gasteiger partial charge in [0.15, 0.2) is 0 Å². The Balaban J connectivity index is 1.82. The molecule has 0 N–H and O–H groups in total. The quantitative estimate of drug-likeness (QED) is 0.680. The maximum absolute atomic E-state index is 2.39. The van der Waals surface area contributed by atoms with Crippen LogP contribution in [0.25, 0.3) is 5.57 Å². The highest BCUT2D eigenvalue weighted by Gasteiger charge is 2.28. The van der Waals surface area contributed by atoms with Gasteiger partial charge < -0.3 is 0 Å². The first-order valence-corrected chi connectivity index (χ1v) is 6.31. The van der Waals surface area contributed by atoms with E-state index in [0.717, 1.165) is 12.3 Å². The number of benzene rings is 1. The molecule has 0 saturated carbocycles. The molecule has 3 rings (SSSR count). The standard InChI is InChI=1S/C16H18/c1-3-12-4-6-13(7-5-12)16-10-14-8-11(2)9-15(14)16/h4-7,10-11H,3,8-9H2,1-2H3. The molecule has 0 saturated heterocycles. The van der Waals surface area contributed by atoms with E-state index < -0.39 is 0 Å². The zero-order chi connectivity index (χ0) is 11.1. The Morgan fingerprint density at radius 3 is 2.50 bits per heavy atom. The van der Waals surface area contributed by atoms with Gasteiger partial charge in [-0.25, -0.2) is 0 Å². The summed E-state index contributed by atoms with van der Waals surface area (Å²) in [7, 11) is 0. The fourth-order valence-corrected chi connectivity index (χ4v) is 2.84. The maximum atomic E-state index is 2.39. The summed E-state index contributed by atoms with van der Waals surface area (Å²) < 4.78 is 0. The van der Waals surface area contributed by atoms with E-state index in [1.165, 1.54) is 29.5 Å². The molecule has 2 aliphatic carbocycles. The SMILES string of the molecule is CCc1ccc(C2=CC3=C2CC(C)C3)cc1. The molecular formula is C16H18. The van der Waals surface area contributed by atoms with E-state index in [1.54, 1.807) is 11.1 Å². The summed E-state index contributed by atoms with van der Waals surface area (Å²) in [6.45, 7) is 4.56. The molecule has 0 amide bonds. The van der Waals surface area contributed by atoms with Crippen molar-refractivity contribution in [3.8, 4) is 0 Å². The lowest BCUT2D eigenvalue weighted by atomic mass is 9.85. The second kappa shape index (κ2) is 3.62. The predicted molar refractivity (Wildman–Crippen MR) is 69.2 cm³/mol. The van der Waals surface area contributed by atoms with E-state index in [4.69, 9.17) is 0 Å². The van der Waals surface area contributed by atoms with Crippen molar-refractivity contribution in [3.05, 3.63) is 52.6 Å². The topological polar surface area (TPSA) is 0 Å². The van der Waals surface area contributed by atoms with Crippen molar-refractivity contribution in [1.82, 2.24) is 0 Å². The average Bonchev–Trinajstić information content (AvgIpc) is 2.58. The van der Waals surface area contributed by atoms with Crippen LogP contribution in [0.4, 0.5) is 0 Å². The van der Waals surface area contributed by atoms with Crippen LogP contribution >= 0.6 is 0 Å². The Labute approximate surface area is 97.7 Å². The molecule has 0 bridgehead atoms. The summed E-state index contributed by atoms with van der Waals surface area (Å²) >= 11 is 0. The molecular weight excluding hydrogens is 192 g/mol. The van der Waals surface area contributed by atoms with Gasteiger partial charge in [0, 0.05) is 0 Å². The van der Waals surface area contributed by atoms with Crippen LogP contribution in [0.1, 0.15) is 37.8 Å². The molecule has 0 spiro atoms. The van der Waals surface area contributed by atoms with Crippen molar-refractivity contribution in [2.24, 2.45) is 5.92 Å². The van der Waals surface area contributed by atoms with Crippen LogP contribution in [0.15, 0.2) is 41.5 Å². The van der Waals surface area contributed by atoms with Gasteiger partial charge in [-0.3, -0.25) is 0 Å². The van der Waals surface area contributed by atoms with Gasteiger partial charge in [0.25, 0.3) is 0 Å². The summed E-state index contributed by atoms with van der Waals surface area (Å²) in [4.78, 5) is 0. The van der Waals surface area contributed by atoms with Crippen molar-refractivity contribution in [2.45, 2.75) is 33.1 Å². The molecule has 1 aromatic carbocycles. The van der Waals surface area contributed by atoms with Crippen molar-refractivity contribution < 1.29 is 0 Å². The van der Waals surface area contributed by atoms with Crippen LogP contribution < -0.4 is 0 Å². The molecule has 0 nitrogen and oxygen atoms in total. The molecule has 1 unspecified atom stereocenters. The number of rotatable bonds is 2.